The molecule has 1 fully saturated rings. The third-order valence-corrected chi connectivity index (χ3v) is 2.99. The van der Waals surface area contributed by atoms with Crippen molar-refractivity contribution in [3.8, 4) is 0 Å². The van der Waals surface area contributed by atoms with Crippen LogP contribution in [-0.2, 0) is 14.3 Å². The molecule has 1 rings (SSSR count). The first-order valence-corrected chi connectivity index (χ1v) is 5.57. The molecule has 0 unspecified atom stereocenters. The summed E-state index contributed by atoms with van der Waals surface area (Å²) in [4.78, 5) is 24.5. The molecule has 0 aromatic rings. The highest BCUT2D eigenvalue weighted by Gasteiger charge is 2.40. The Balaban J connectivity index is 2.80. The molecule has 5 nitrogen and oxygen atoms in total. The highest BCUT2D eigenvalue weighted by atomic mass is 16.5. The maximum atomic E-state index is 12.1. The van der Waals surface area contributed by atoms with Gasteiger partial charge in [0, 0.05) is 13.2 Å². The molecule has 0 radical (unpaired) electrons. The van der Waals surface area contributed by atoms with Crippen LogP contribution in [0.3, 0.4) is 0 Å². The smallest absolute Gasteiger partial charge is 0.329 e. The summed E-state index contributed by atoms with van der Waals surface area (Å²) in [7, 11) is 0. The first-order valence-electron chi connectivity index (χ1n) is 5.57. The Morgan fingerprint density at radius 2 is 2.12 bits per heavy atom. The topological polar surface area (TPSA) is 66.8 Å². The number of carbonyl (C=O) groups is 2. The molecule has 92 valence electrons. The van der Waals surface area contributed by atoms with Crippen molar-refractivity contribution in [1.29, 1.82) is 0 Å². The second kappa shape index (κ2) is 4.82. The number of carbonyl (C=O) groups excluding carboxylic acids is 1. The minimum absolute atomic E-state index is 0.215. The quantitative estimate of drug-likeness (QED) is 0.777. The SMILES string of the molecule is CCN(C(=O)[C@H]1CCCO1)C(C)(C)C(=O)O. The number of carboxylic acids is 1. The van der Waals surface area contributed by atoms with E-state index in [0.29, 0.717) is 19.6 Å². The molecular formula is C11H19NO4. The van der Waals surface area contributed by atoms with Gasteiger partial charge >= 0.3 is 5.97 Å². The molecule has 1 atom stereocenters. The lowest BCUT2D eigenvalue weighted by Gasteiger charge is -2.35. The van der Waals surface area contributed by atoms with Crippen LogP contribution in [0.4, 0.5) is 0 Å². The van der Waals surface area contributed by atoms with Crippen LogP contribution in [-0.4, -0.2) is 46.7 Å². The van der Waals surface area contributed by atoms with Crippen LogP contribution in [0.1, 0.15) is 33.6 Å². The number of nitrogens with zero attached hydrogens (tertiary/aromatic N) is 1. The predicted octanol–water partition coefficient (Wildman–Crippen LogP) is 0.877. The molecule has 1 aliphatic heterocycles. The highest BCUT2D eigenvalue weighted by molar-refractivity contribution is 5.88. The lowest BCUT2D eigenvalue weighted by atomic mass is 10.0. The van der Waals surface area contributed by atoms with Gasteiger partial charge in [0.15, 0.2) is 0 Å². The lowest BCUT2D eigenvalue weighted by Crippen LogP contribution is -2.55. The molecule has 0 aliphatic carbocycles. The Bertz CT molecular complexity index is 282. The molecule has 1 aliphatic rings. The van der Waals surface area contributed by atoms with Gasteiger partial charge in [-0.2, -0.15) is 0 Å². The number of aliphatic carboxylic acids is 1. The molecule has 1 saturated heterocycles. The second-order valence-corrected chi connectivity index (χ2v) is 4.45. The van der Waals surface area contributed by atoms with Crippen LogP contribution in [0.15, 0.2) is 0 Å². The van der Waals surface area contributed by atoms with Gasteiger partial charge in [-0.3, -0.25) is 4.79 Å². The summed E-state index contributed by atoms with van der Waals surface area (Å²) in [6, 6.07) is 0. The van der Waals surface area contributed by atoms with Crippen LogP contribution in [0.2, 0.25) is 0 Å². The van der Waals surface area contributed by atoms with Gasteiger partial charge in [-0.05, 0) is 33.6 Å². The van der Waals surface area contributed by atoms with Crippen LogP contribution in [0, 0.1) is 0 Å². The van der Waals surface area contributed by atoms with E-state index in [9.17, 15) is 9.59 Å². The Morgan fingerprint density at radius 1 is 1.50 bits per heavy atom. The maximum absolute atomic E-state index is 12.1. The molecule has 1 heterocycles. The van der Waals surface area contributed by atoms with Gasteiger partial charge in [0.25, 0.3) is 5.91 Å². The van der Waals surface area contributed by atoms with Crippen molar-refractivity contribution in [2.75, 3.05) is 13.2 Å². The van der Waals surface area contributed by atoms with E-state index >= 15 is 0 Å². The summed E-state index contributed by atoms with van der Waals surface area (Å²) >= 11 is 0. The van der Waals surface area contributed by atoms with Gasteiger partial charge < -0.3 is 14.7 Å². The van der Waals surface area contributed by atoms with Gasteiger partial charge in [-0.1, -0.05) is 0 Å². The standard InChI is InChI=1S/C11H19NO4/c1-4-12(11(2,3)10(14)15)9(13)8-6-5-7-16-8/h8H,4-7H2,1-3H3,(H,14,15)/t8-/m1/s1. The minimum atomic E-state index is -1.18. The van der Waals surface area contributed by atoms with E-state index in [1.54, 1.807) is 6.92 Å². The number of likely N-dealkylation sites (N-methyl/N-ethyl adjacent to an activating group) is 1. The first kappa shape index (κ1) is 13.0. The van der Waals surface area contributed by atoms with Gasteiger partial charge in [0.05, 0.1) is 0 Å². The van der Waals surface area contributed by atoms with Gasteiger partial charge in [0.2, 0.25) is 0 Å². The molecule has 0 spiro atoms. The summed E-state index contributed by atoms with van der Waals surface area (Å²) in [5.74, 6) is -1.21. The zero-order valence-electron chi connectivity index (χ0n) is 10.0. The fraction of sp³-hybridized carbons (Fsp3) is 0.818. The van der Waals surface area contributed by atoms with E-state index in [0.717, 1.165) is 6.42 Å². The Kier molecular flexibility index (Phi) is 3.91. The van der Waals surface area contributed by atoms with Crippen molar-refractivity contribution in [2.24, 2.45) is 0 Å². The average molecular weight is 229 g/mol. The largest absolute Gasteiger partial charge is 0.480 e. The maximum Gasteiger partial charge on any atom is 0.329 e. The van der Waals surface area contributed by atoms with E-state index in [-0.39, 0.29) is 5.91 Å². The van der Waals surface area contributed by atoms with Gasteiger partial charge in [-0.25, -0.2) is 4.79 Å². The van der Waals surface area contributed by atoms with Crippen molar-refractivity contribution in [3.05, 3.63) is 0 Å². The number of carboxylic acid groups (broad SMARTS) is 1. The minimum Gasteiger partial charge on any atom is -0.480 e. The monoisotopic (exact) mass is 229 g/mol. The molecule has 1 amide bonds. The fourth-order valence-electron chi connectivity index (χ4n) is 1.89. The van der Waals surface area contributed by atoms with Crippen molar-refractivity contribution < 1.29 is 19.4 Å². The Hall–Kier alpha value is -1.10. The Labute approximate surface area is 95.4 Å². The number of ether oxygens (including phenoxy) is 1. The number of rotatable bonds is 4. The zero-order valence-corrected chi connectivity index (χ0v) is 10.0. The lowest BCUT2D eigenvalue weighted by molar-refractivity contribution is -0.160. The predicted molar refractivity (Wildman–Crippen MR) is 58.1 cm³/mol. The molecule has 5 heteroatoms. The summed E-state index contributed by atoms with van der Waals surface area (Å²) < 4.78 is 5.29. The summed E-state index contributed by atoms with van der Waals surface area (Å²) in [6.07, 6.45) is 1.09. The summed E-state index contributed by atoms with van der Waals surface area (Å²) in [5.41, 5.74) is -1.18. The van der Waals surface area contributed by atoms with E-state index < -0.39 is 17.6 Å². The highest BCUT2D eigenvalue weighted by Crippen LogP contribution is 2.21. The normalized spacial score (nSPS) is 20.8. The molecule has 1 N–H and O–H groups in total. The van der Waals surface area contributed by atoms with Crippen LogP contribution in [0.5, 0.6) is 0 Å². The van der Waals surface area contributed by atoms with Crippen LogP contribution in [0.25, 0.3) is 0 Å². The van der Waals surface area contributed by atoms with Crippen LogP contribution >= 0.6 is 0 Å². The van der Waals surface area contributed by atoms with Crippen LogP contribution < -0.4 is 0 Å². The molecule has 0 aromatic heterocycles. The second-order valence-electron chi connectivity index (χ2n) is 4.45. The molecule has 0 aromatic carbocycles. The van der Waals surface area contributed by atoms with Crippen molar-refractivity contribution in [3.63, 3.8) is 0 Å². The summed E-state index contributed by atoms with van der Waals surface area (Å²) in [5, 5.41) is 9.10. The molecule has 0 saturated carbocycles. The van der Waals surface area contributed by atoms with Gasteiger partial charge in [0.1, 0.15) is 11.6 Å². The van der Waals surface area contributed by atoms with E-state index in [2.05, 4.69) is 0 Å². The number of hydrogen-bond acceptors (Lipinski definition) is 3. The Morgan fingerprint density at radius 3 is 2.50 bits per heavy atom. The molecular weight excluding hydrogens is 210 g/mol. The van der Waals surface area contributed by atoms with E-state index in [4.69, 9.17) is 9.84 Å². The number of hydrogen-bond donors (Lipinski definition) is 1. The molecule has 16 heavy (non-hydrogen) atoms. The third kappa shape index (κ3) is 2.35. The zero-order chi connectivity index (χ0) is 12.3. The third-order valence-electron chi connectivity index (χ3n) is 2.99. The number of amides is 1. The molecule has 0 bridgehead atoms. The first-order chi connectivity index (χ1) is 7.41. The van der Waals surface area contributed by atoms with E-state index in [1.165, 1.54) is 18.7 Å². The summed E-state index contributed by atoms with van der Waals surface area (Å²) in [6.45, 7) is 5.80. The van der Waals surface area contributed by atoms with Crippen molar-refractivity contribution in [1.82, 2.24) is 4.90 Å². The van der Waals surface area contributed by atoms with Crippen molar-refractivity contribution >= 4 is 11.9 Å². The van der Waals surface area contributed by atoms with Gasteiger partial charge in [-0.15, -0.1) is 0 Å². The fourth-order valence-corrected chi connectivity index (χ4v) is 1.89. The van der Waals surface area contributed by atoms with Crippen molar-refractivity contribution in [2.45, 2.75) is 45.3 Å². The van der Waals surface area contributed by atoms with E-state index in [1.807, 2.05) is 0 Å². The average Bonchev–Trinajstić information content (AvgIpc) is 2.70.